The minimum atomic E-state index is 0.000572. The molecule has 0 bridgehead atoms. The fraction of sp³-hybridized carbons (Fsp3) is 0.364. The van der Waals surface area contributed by atoms with Gasteiger partial charge in [0.2, 0.25) is 5.91 Å². The maximum Gasteiger partial charge on any atom is 0.230 e. The molecule has 0 aliphatic carbocycles. The molecule has 0 radical (unpaired) electrons. The van der Waals surface area contributed by atoms with Gasteiger partial charge in [-0.1, -0.05) is 55.9 Å². The van der Waals surface area contributed by atoms with Crippen molar-refractivity contribution in [1.29, 1.82) is 0 Å². The quantitative estimate of drug-likeness (QED) is 0.532. The van der Waals surface area contributed by atoms with Crippen LogP contribution in [0.5, 0.6) is 0 Å². The highest BCUT2D eigenvalue weighted by Crippen LogP contribution is 2.25. The Kier molecular flexibility index (Phi) is 7.41. The molecule has 3 rings (SSSR count). The van der Waals surface area contributed by atoms with Crippen LogP contribution >= 0.6 is 11.8 Å². The first-order chi connectivity index (χ1) is 14.1. The summed E-state index contributed by atoms with van der Waals surface area (Å²) < 4.78 is 2.02. The van der Waals surface area contributed by atoms with Crippen LogP contribution in [0.4, 0.5) is 0 Å². The number of carbonyl (C=O) groups is 1. The van der Waals surface area contributed by atoms with Crippen molar-refractivity contribution >= 4 is 17.7 Å². The maximum atomic E-state index is 12.7. The third-order valence-electron chi connectivity index (χ3n) is 4.55. The zero-order valence-corrected chi connectivity index (χ0v) is 17.9. The minimum Gasteiger partial charge on any atom is -0.349 e. The highest BCUT2D eigenvalue weighted by atomic mass is 32.2. The predicted octanol–water partition coefficient (Wildman–Crippen LogP) is 4.36. The molecule has 0 aliphatic rings. The Bertz CT molecular complexity index is 911. The lowest BCUT2D eigenvalue weighted by molar-refractivity contribution is -0.119. The van der Waals surface area contributed by atoms with Gasteiger partial charge in [0.15, 0.2) is 11.0 Å². The third-order valence-corrected chi connectivity index (χ3v) is 5.51. The number of carbonyl (C=O) groups excluding carboxylic acids is 1. The number of hydrogen-bond acceptors (Lipinski definition) is 5. The van der Waals surface area contributed by atoms with E-state index in [1.165, 1.54) is 11.8 Å². The molecule has 0 saturated heterocycles. The van der Waals surface area contributed by atoms with Gasteiger partial charge in [0.1, 0.15) is 0 Å². The molecule has 0 saturated carbocycles. The van der Waals surface area contributed by atoms with Gasteiger partial charge in [-0.25, -0.2) is 0 Å². The van der Waals surface area contributed by atoms with E-state index in [9.17, 15) is 4.79 Å². The lowest BCUT2D eigenvalue weighted by atomic mass is 9.97. The zero-order valence-electron chi connectivity index (χ0n) is 17.1. The lowest BCUT2D eigenvalue weighted by Gasteiger charge is -2.21. The van der Waals surface area contributed by atoms with Crippen molar-refractivity contribution < 1.29 is 4.79 Å². The second-order valence-electron chi connectivity index (χ2n) is 7.24. The van der Waals surface area contributed by atoms with Crippen molar-refractivity contribution in [3.8, 4) is 11.4 Å². The van der Waals surface area contributed by atoms with Gasteiger partial charge in [-0.3, -0.25) is 9.78 Å². The van der Waals surface area contributed by atoms with Gasteiger partial charge in [-0.05, 0) is 37.0 Å². The molecule has 1 N–H and O–H groups in total. The normalized spacial score (nSPS) is 12.1. The van der Waals surface area contributed by atoms with E-state index in [-0.39, 0.29) is 11.9 Å². The van der Waals surface area contributed by atoms with Gasteiger partial charge < -0.3 is 9.88 Å². The number of rotatable bonds is 9. The van der Waals surface area contributed by atoms with Crippen molar-refractivity contribution in [3.63, 3.8) is 0 Å². The summed E-state index contributed by atoms with van der Waals surface area (Å²) in [6, 6.07) is 14.0. The lowest BCUT2D eigenvalue weighted by Crippen LogP contribution is -2.31. The summed E-state index contributed by atoms with van der Waals surface area (Å²) in [5.41, 5.74) is 2.10. The number of aromatic nitrogens is 4. The fourth-order valence-corrected chi connectivity index (χ4v) is 4.01. The SMILES string of the molecule is CCn1c(SCC(=O)NC(CC(C)C)c2ccccc2)nnc1-c1ccncc1. The largest absolute Gasteiger partial charge is 0.349 e. The van der Waals surface area contributed by atoms with Crippen molar-refractivity contribution in [2.75, 3.05) is 5.75 Å². The van der Waals surface area contributed by atoms with Crippen LogP contribution in [0, 0.1) is 5.92 Å². The van der Waals surface area contributed by atoms with Crippen molar-refractivity contribution in [1.82, 2.24) is 25.1 Å². The maximum absolute atomic E-state index is 12.7. The van der Waals surface area contributed by atoms with Gasteiger partial charge in [0, 0.05) is 24.5 Å². The average Bonchev–Trinajstić information content (AvgIpc) is 3.15. The first-order valence-corrected chi connectivity index (χ1v) is 10.9. The Morgan fingerprint density at radius 2 is 1.83 bits per heavy atom. The molecule has 0 aliphatic heterocycles. The van der Waals surface area contributed by atoms with E-state index in [2.05, 4.69) is 46.5 Å². The zero-order chi connectivity index (χ0) is 20.6. The topological polar surface area (TPSA) is 72.7 Å². The van der Waals surface area contributed by atoms with E-state index in [4.69, 9.17) is 0 Å². The number of pyridine rings is 1. The number of thioether (sulfide) groups is 1. The number of hydrogen-bond donors (Lipinski definition) is 1. The summed E-state index contributed by atoms with van der Waals surface area (Å²) in [5.74, 6) is 1.58. The third kappa shape index (κ3) is 5.67. The highest BCUT2D eigenvalue weighted by Gasteiger charge is 2.18. The number of amides is 1. The Balaban J connectivity index is 1.66. The van der Waals surface area contributed by atoms with Gasteiger partial charge in [-0.2, -0.15) is 0 Å². The molecule has 1 atom stereocenters. The summed E-state index contributed by atoms with van der Waals surface area (Å²) in [4.78, 5) is 16.7. The van der Waals surface area contributed by atoms with Gasteiger partial charge >= 0.3 is 0 Å². The monoisotopic (exact) mass is 409 g/mol. The number of nitrogens with zero attached hydrogens (tertiary/aromatic N) is 4. The number of benzene rings is 1. The van der Waals surface area contributed by atoms with Crippen LogP contribution in [-0.2, 0) is 11.3 Å². The molecule has 152 valence electrons. The molecule has 1 amide bonds. The van der Waals surface area contributed by atoms with E-state index < -0.39 is 0 Å². The Morgan fingerprint density at radius 1 is 1.10 bits per heavy atom. The van der Waals surface area contributed by atoms with Crippen LogP contribution in [0.15, 0.2) is 60.0 Å². The molecule has 0 spiro atoms. The summed E-state index contributed by atoms with van der Waals surface area (Å²) in [7, 11) is 0. The smallest absolute Gasteiger partial charge is 0.230 e. The van der Waals surface area contributed by atoms with Crippen LogP contribution in [0.1, 0.15) is 38.8 Å². The molecule has 6 nitrogen and oxygen atoms in total. The summed E-state index contributed by atoms with van der Waals surface area (Å²) in [6.45, 7) is 7.11. The molecule has 1 unspecified atom stereocenters. The minimum absolute atomic E-state index is 0.000572. The molecule has 29 heavy (non-hydrogen) atoms. The molecule has 3 aromatic rings. The van der Waals surface area contributed by atoms with E-state index in [0.29, 0.717) is 11.7 Å². The molecule has 2 aromatic heterocycles. The fourth-order valence-electron chi connectivity index (χ4n) is 3.20. The van der Waals surface area contributed by atoms with E-state index in [1.807, 2.05) is 41.8 Å². The molecule has 2 heterocycles. The van der Waals surface area contributed by atoms with Crippen molar-refractivity contribution in [2.24, 2.45) is 5.92 Å². The average molecular weight is 410 g/mol. The molecule has 7 heteroatoms. The summed E-state index contributed by atoms with van der Waals surface area (Å²) in [6.07, 6.45) is 4.38. The first kappa shape index (κ1) is 21.0. The molecule has 1 aromatic carbocycles. The second kappa shape index (κ2) is 10.2. The number of nitrogens with one attached hydrogen (secondary N) is 1. The Morgan fingerprint density at radius 3 is 2.48 bits per heavy atom. The van der Waals surface area contributed by atoms with Gasteiger partial charge in [0.25, 0.3) is 0 Å². The van der Waals surface area contributed by atoms with Crippen molar-refractivity contribution in [3.05, 3.63) is 60.4 Å². The van der Waals surface area contributed by atoms with Crippen LogP contribution < -0.4 is 5.32 Å². The molecular weight excluding hydrogens is 382 g/mol. The van der Waals surface area contributed by atoms with Crippen molar-refractivity contribution in [2.45, 2.75) is 44.9 Å². The summed E-state index contributed by atoms with van der Waals surface area (Å²) in [5, 5.41) is 12.5. The van der Waals surface area contributed by atoms with Crippen LogP contribution in [0.25, 0.3) is 11.4 Å². The van der Waals surface area contributed by atoms with Gasteiger partial charge in [0.05, 0.1) is 11.8 Å². The standard InChI is InChI=1S/C22H27N5OS/c1-4-27-21(18-10-12-23-13-11-18)25-26-22(27)29-15-20(28)24-19(14-16(2)3)17-8-6-5-7-9-17/h5-13,16,19H,4,14-15H2,1-3H3,(H,24,28). The molecular formula is C22H27N5OS. The van der Waals surface area contributed by atoms with E-state index in [1.54, 1.807) is 12.4 Å². The second-order valence-corrected chi connectivity index (χ2v) is 8.18. The van der Waals surface area contributed by atoms with E-state index in [0.717, 1.165) is 35.1 Å². The van der Waals surface area contributed by atoms with Gasteiger partial charge in [-0.15, -0.1) is 10.2 Å². The predicted molar refractivity (Wildman–Crippen MR) is 116 cm³/mol. The molecule has 0 fully saturated rings. The first-order valence-electron chi connectivity index (χ1n) is 9.89. The Hall–Kier alpha value is -2.67. The van der Waals surface area contributed by atoms with Crippen LogP contribution in [-0.4, -0.2) is 31.4 Å². The highest BCUT2D eigenvalue weighted by molar-refractivity contribution is 7.99. The van der Waals surface area contributed by atoms with Crippen LogP contribution in [0.2, 0.25) is 0 Å². The Labute approximate surface area is 176 Å². The summed E-state index contributed by atoms with van der Waals surface area (Å²) >= 11 is 1.41. The van der Waals surface area contributed by atoms with Crippen LogP contribution in [0.3, 0.4) is 0 Å². The van der Waals surface area contributed by atoms with E-state index >= 15 is 0 Å².